The van der Waals surface area contributed by atoms with Crippen LogP contribution in [0.1, 0.15) is 18.5 Å². The van der Waals surface area contributed by atoms with E-state index in [-0.39, 0.29) is 12.5 Å². The highest BCUT2D eigenvalue weighted by Crippen LogP contribution is 2.16. The zero-order valence-corrected chi connectivity index (χ0v) is 16.8. The van der Waals surface area contributed by atoms with Gasteiger partial charge in [-0.3, -0.25) is 14.9 Å². The third kappa shape index (κ3) is 6.62. The lowest BCUT2D eigenvalue weighted by Crippen LogP contribution is -3.11. The summed E-state index contributed by atoms with van der Waals surface area (Å²) in [6.07, 6.45) is 0. The topological polar surface area (TPSA) is 101 Å². The molecule has 154 valence electrons. The Bertz CT molecular complexity index is 842. The third-order valence-corrected chi connectivity index (χ3v) is 4.25. The minimum atomic E-state index is -0.727. The number of nitrogens with one attached hydrogen (secondary N) is 4. The van der Waals surface area contributed by atoms with Crippen LogP contribution >= 0.6 is 0 Å². The number of carbonyl (C=O) groups is 3. The van der Waals surface area contributed by atoms with Gasteiger partial charge in [0.25, 0.3) is 11.8 Å². The Balaban J connectivity index is 2.11. The van der Waals surface area contributed by atoms with E-state index in [0.29, 0.717) is 28.4 Å². The number of urea groups is 1. The van der Waals surface area contributed by atoms with Gasteiger partial charge in [0.1, 0.15) is 5.75 Å². The van der Waals surface area contributed by atoms with Gasteiger partial charge in [-0.1, -0.05) is 36.4 Å². The summed E-state index contributed by atoms with van der Waals surface area (Å²) in [7, 11) is 3.29. The van der Waals surface area contributed by atoms with Crippen molar-refractivity contribution in [2.75, 3.05) is 32.6 Å². The van der Waals surface area contributed by atoms with Gasteiger partial charge < -0.3 is 20.3 Å². The van der Waals surface area contributed by atoms with E-state index < -0.39 is 18.0 Å². The molecule has 2 aromatic rings. The van der Waals surface area contributed by atoms with Crippen LogP contribution in [0.3, 0.4) is 0 Å². The van der Waals surface area contributed by atoms with Crippen LogP contribution in [-0.2, 0) is 9.59 Å². The molecular formula is C21H27N4O4+. The highest BCUT2D eigenvalue weighted by molar-refractivity contribution is 5.97. The summed E-state index contributed by atoms with van der Waals surface area (Å²) in [4.78, 5) is 37.7. The van der Waals surface area contributed by atoms with Gasteiger partial charge in [0.2, 0.25) is 0 Å². The van der Waals surface area contributed by atoms with Crippen LogP contribution in [0, 0.1) is 0 Å². The minimum absolute atomic E-state index is 0.0274. The fraction of sp³-hybridized carbons (Fsp3) is 0.286. The van der Waals surface area contributed by atoms with E-state index in [1.807, 2.05) is 18.2 Å². The van der Waals surface area contributed by atoms with E-state index >= 15 is 0 Å². The van der Waals surface area contributed by atoms with Gasteiger partial charge in [-0.2, -0.15) is 0 Å². The number of likely N-dealkylation sites (N-methyl/N-ethyl adjacent to an activating group) is 1. The standard InChI is InChI=1S/C21H26N4O4/c1-4-22-21(28)24-20(27)19(15-9-6-5-7-10-15)25(2)14-18(26)23-16-11-8-12-17(13-16)29-3/h5-13,19H,4,14H2,1-3H3,(H,23,26)(H2,22,24,27,28)/p+1/t19-/m1/s1. The Kier molecular flexibility index (Phi) is 8.17. The maximum Gasteiger partial charge on any atom is 0.321 e. The van der Waals surface area contributed by atoms with Crippen molar-refractivity contribution in [1.29, 1.82) is 0 Å². The zero-order chi connectivity index (χ0) is 21.2. The summed E-state index contributed by atoms with van der Waals surface area (Å²) in [5, 5.41) is 7.68. The van der Waals surface area contributed by atoms with E-state index in [0.717, 1.165) is 0 Å². The molecule has 0 radical (unpaired) electrons. The largest absolute Gasteiger partial charge is 0.497 e. The first-order valence-corrected chi connectivity index (χ1v) is 9.34. The highest BCUT2D eigenvalue weighted by Gasteiger charge is 2.31. The maximum absolute atomic E-state index is 12.8. The number of carbonyl (C=O) groups excluding carboxylic acids is 3. The van der Waals surface area contributed by atoms with Crippen molar-refractivity contribution in [3.8, 4) is 5.75 Å². The molecule has 0 aliphatic heterocycles. The van der Waals surface area contributed by atoms with Crippen molar-refractivity contribution < 1.29 is 24.0 Å². The minimum Gasteiger partial charge on any atom is -0.497 e. The molecule has 4 amide bonds. The number of methoxy groups -OCH3 is 1. The van der Waals surface area contributed by atoms with E-state index in [9.17, 15) is 14.4 Å². The van der Waals surface area contributed by atoms with Crippen molar-refractivity contribution in [1.82, 2.24) is 10.6 Å². The lowest BCUT2D eigenvalue weighted by molar-refractivity contribution is -0.894. The van der Waals surface area contributed by atoms with E-state index in [2.05, 4.69) is 16.0 Å². The predicted molar refractivity (Wildman–Crippen MR) is 110 cm³/mol. The van der Waals surface area contributed by atoms with E-state index in [1.165, 1.54) is 0 Å². The average molecular weight is 399 g/mol. The van der Waals surface area contributed by atoms with Gasteiger partial charge >= 0.3 is 6.03 Å². The number of benzene rings is 2. The van der Waals surface area contributed by atoms with Crippen molar-refractivity contribution >= 4 is 23.5 Å². The SMILES string of the molecule is CCNC(=O)NC(=O)[C@@H](c1ccccc1)[NH+](C)CC(=O)Nc1cccc(OC)c1. The molecule has 0 saturated heterocycles. The van der Waals surface area contributed by atoms with Crippen molar-refractivity contribution in [2.45, 2.75) is 13.0 Å². The van der Waals surface area contributed by atoms with Crippen LogP contribution in [0.4, 0.5) is 10.5 Å². The van der Waals surface area contributed by atoms with Crippen molar-refractivity contribution in [3.05, 3.63) is 60.2 Å². The first kappa shape index (κ1) is 21.9. The van der Waals surface area contributed by atoms with Gasteiger partial charge in [-0.15, -0.1) is 0 Å². The predicted octanol–water partition coefficient (Wildman–Crippen LogP) is 0.735. The first-order chi connectivity index (χ1) is 13.9. The lowest BCUT2D eigenvalue weighted by Gasteiger charge is -2.24. The summed E-state index contributed by atoms with van der Waals surface area (Å²) in [5.74, 6) is -0.108. The fourth-order valence-corrected chi connectivity index (χ4v) is 2.96. The molecular weight excluding hydrogens is 372 g/mol. The Morgan fingerprint density at radius 3 is 2.45 bits per heavy atom. The van der Waals surface area contributed by atoms with Crippen LogP contribution in [0.25, 0.3) is 0 Å². The number of amides is 4. The summed E-state index contributed by atoms with van der Waals surface area (Å²) in [5.41, 5.74) is 1.31. The maximum atomic E-state index is 12.8. The van der Waals surface area contributed by atoms with Gasteiger partial charge in [-0.25, -0.2) is 4.79 Å². The first-order valence-electron chi connectivity index (χ1n) is 9.34. The molecule has 0 heterocycles. The van der Waals surface area contributed by atoms with Crippen molar-refractivity contribution in [2.24, 2.45) is 0 Å². The average Bonchev–Trinajstić information content (AvgIpc) is 2.69. The monoisotopic (exact) mass is 399 g/mol. The number of ether oxygens (including phenoxy) is 1. The second-order valence-corrected chi connectivity index (χ2v) is 6.50. The number of rotatable bonds is 8. The van der Waals surface area contributed by atoms with Crippen molar-refractivity contribution in [3.63, 3.8) is 0 Å². The zero-order valence-electron chi connectivity index (χ0n) is 16.8. The number of imide groups is 1. The Morgan fingerprint density at radius 1 is 1.07 bits per heavy atom. The molecule has 0 saturated carbocycles. The second-order valence-electron chi connectivity index (χ2n) is 6.50. The molecule has 0 spiro atoms. The van der Waals surface area contributed by atoms with Crippen LogP contribution in [0.5, 0.6) is 5.75 Å². The van der Waals surface area contributed by atoms with Gasteiger partial charge in [0.15, 0.2) is 12.6 Å². The van der Waals surface area contributed by atoms with Crippen LogP contribution < -0.4 is 25.6 Å². The summed E-state index contributed by atoms with van der Waals surface area (Å²) < 4.78 is 5.15. The fourth-order valence-electron chi connectivity index (χ4n) is 2.96. The summed E-state index contributed by atoms with van der Waals surface area (Å²) in [6, 6.07) is 14.8. The molecule has 0 aromatic heterocycles. The highest BCUT2D eigenvalue weighted by atomic mass is 16.5. The quantitative estimate of drug-likeness (QED) is 0.526. The number of anilines is 1. The molecule has 2 aromatic carbocycles. The van der Waals surface area contributed by atoms with Gasteiger partial charge in [-0.05, 0) is 19.1 Å². The molecule has 29 heavy (non-hydrogen) atoms. The van der Waals surface area contributed by atoms with Crippen LogP contribution in [-0.4, -0.2) is 45.1 Å². The molecule has 0 fully saturated rings. The molecule has 1 unspecified atom stereocenters. The number of hydrogen-bond donors (Lipinski definition) is 4. The molecule has 0 aliphatic rings. The van der Waals surface area contributed by atoms with Gasteiger partial charge in [0.05, 0.1) is 14.2 Å². The Morgan fingerprint density at radius 2 is 1.79 bits per heavy atom. The summed E-state index contributed by atoms with van der Waals surface area (Å²) in [6.45, 7) is 2.19. The van der Waals surface area contributed by atoms with Crippen LogP contribution in [0.15, 0.2) is 54.6 Å². The Labute approximate surface area is 170 Å². The molecule has 8 nitrogen and oxygen atoms in total. The lowest BCUT2D eigenvalue weighted by atomic mass is 10.0. The smallest absolute Gasteiger partial charge is 0.321 e. The Hall–Kier alpha value is -3.39. The number of hydrogen-bond acceptors (Lipinski definition) is 4. The summed E-state index contributed by atoms with van der Waals surface area (Å²) >= 11 is 0. The molecule has 0 bridgehead atoms. The molecule has 8 heteroatoms. The van der Waals surface area contributed by atoms with Gasteiger partial charge in [0, 0.05) is 23.9 Å². The molecule has 2 rings (SSSR count). The normalized spacial score (nSPS) is 12.4. The molecule has 0 aliphatic carbocycles. The second kappa shape index (κ2) is 10.8. The molecule has 2 atom stereocenters. The van der Waals surface area contributed by atoms with Crippen LogP contribution in [0.2, 0.25) is 0 Å². The third-order valence-electron chi connectivity index (χ3n) is 4.25. The van der Waals surface area contributed by atoms with E-state index in [1.54, 1.807) is 57.5 Å². The molecule has 4 N–H and O–H groups in total. The number of quaternary nitrogens is 1. The van der Waals surface area contributed by atoms with E-state index in [4.69, 9.17) is 4.74 Å².